The van der Waals surface area contributed by atoms with Gasteiger partial charge in [0.25, 0.3) is 0 Å². The standard InChI is InChI=1S/C8H15NO2.C2H3O2/c1-7(2)8(10)11-6-5-9(3)4;1-2(3)4/h1,5-6H2,2-4H3;1H2,(H,3,4). The second-order valence-electron chi connectivity index (χ2n) is 3.11. The molecule has 0 fully saturated rings. The van der Waals surface area contributed by atoms with E-state index in [1.54, 1.807) is 6.92 Å². The third kappa shape index (κ3) is 19.2. The molecule has 0 rings (SSSR count). The van der Waals surface area contributed by atoms with Crippen molar-refractivity contribution in [1.82, 2.24) is 4.90 Å². The Balaban J connectivity index is 0. The Hall–Kier alpha value is -1.36. The molecule has 0 heterocycles. The summed E-state index contributed by atoms with van der Waals surface area (Å²) in [5.41, 5.74) is 0.448. The molecule has 0 saturated heterocycles. The first-order valence-corrected chi connectivity index (χ1v) is 4.29. The lowest BCUT2D eigenvalue weighted by atomic mass is 10.4. The van der Waals surface area contributed by atoms with Gasteiger partial charge in [0.2, 0.25) is 0 Å². The van der Waals surface area contributed by atoms with Crippen molar-refractivity contribution < 1.29 is 19.4 Å². The van der Waals surface area contributed by atoms with Crippen LogP contribution in [0.4, 0.5) is 0 Å². The van der Waals surface area contributed by atoms with Gasteiger partial charge in [-0.25, -0.2) is 4.79 Å². The van der Waals surface area contributed by atoms with E-state index in [9.17, 15) is 4.79 Å². The molecule has 0 aromatic heterocycles. The van der Waals surface area contributed by atoms with Gasteiger partial charge >= 0.3 is 11.9 Å². The zero-order chi connectivity index (χ0) is 12.4. The van der Waals surface area contributed by atoms with Gasteiger partial charge in [0.1, 0.15) is 6.61 Å². The quantitative estimate of drug-likeness (QED) is 0.549. The molecule has 15 heavy (non-hydrogen) atoms. The molecule has 0 aromatic carbocycles. The van der Waals surface area contributed by atoms with E-state index in [2.05, 4.69) is 13.5 Å². The Morgan fingerprint density at radius 2 is 1.80 bits per heavy atom. The van der Waals surface area contributed by atoms with Crippen molar-refractivity contribution >= 4 is 11.9 Å². The predicted molar refractivity (Wildman–Crippen MR) is 57.3 cm³/mol. The Labute approximate surface area is 90.3 Å². The van der Waals surface area contributed by atoms with Gasteiger partial charge in [-0.1, -0.05) is 6.58 Å². The van der Waals surface area contributed by atoms with Crippen LogP contribution in [0.2, 0.25) is 0 Å². The molecule has 0 unspecified atom stereocenters. The van der Waals surface area contributed by atoms with Crippen molar-refractivity contribution in [2.45, 2.75) is 6.92 Å². The van der Waals surface area contributed by atoms with Gasteiger partial charge in [0.15, 0.2) is 0 Å². The predicted octanol–water partition coefficient (Wildman–Crippen LogP) is 0.572. The summed E-state index contributed by atoms with van der Waals surface area (Å²) in [7, 11) is 3.85. The SMILES string of the molecule is C=C(C)C(=O)OCCN(C)C.[CH2]C(=O)O. The molecule has 0 aliphatic rings. The largest absolute Gasteiger partial charge is 0.481 e. The monoisotopic (exact) mass is 216 g/mol. The number of likely N-dealkylation sites (N-methyl/N-ethyl adjacent to an activating group) is 1. The molecule has 0 bridgehead atoms. The van der Waals surface area contributed by atoms with Crippen LogP contribution in [0.5, 0.6) is 0 Å². The summed E-state index contributed by atoms with van der Waals surface area (Å²) in [6.45, 7) is 8.84. The van der Waals surface area contributed by atoms with Crippen molar-refractivity contribution in [3.63, 3.8) is 0 Å². The van der Waals surface area contributed by atoms with E-state index >= 15 is 0 Å². The van der Waals surface area contributed by atoms with Crippen molar-refractivity contribution in [3.05, 3.63) is 19.1 Å². The number of rotatable bonds is 4. The number of ether oxygens (including phenoxy) is 1. The second-order valence-corrected chi connectivity index (χ2v) is 3.11. The van der Waals surface area contributed by atoms with Crippen LogP contribution in [0, 0.1) is 6.92 Å². The summed E-state index contributed by atoms with van der Waals surface area (Å²) in [5.74, 6) is -1.40. The van der Waals surface area contributed by atoms with E-state index in [1.807, 2.05) is 19.0 Å². The minimum absolute atomic E-state index is 0.313. The highest BCUT2D eigenvalue weighted by Gasteiger charge is 2.01. The number of nitrogens with zero attached hydrogens (tertiary/aromatic N) is 1. The fourth-order valence-corrected chi connectivity index (χ4v) is 0.444. The van der Waals surface area contributed by atoms with Crippen molar-refractivity contribution in [2.75, 3.05) is 27.2 Å². The first-order chi connectivity index (χ1) is 6.77. The molecule has 5 nitrogen and oxygen atoms in total. The van der Waals surface area contributed by atoms with Crippen LogP contribution >= 0.6 is 0 Å². The van der Waals surface area contributed by atoms with Crippen molar-refractivity contribution in [2.24, 2.45) is 0 Å². The zero-order valence-corrected chi connectivity index (χ0v) is 9.45. The molecule has 0 atom stereocenters. The van der Waals surface area contributed by atoms with Gasteiger partial charge in [-0.2, -0.15) is 0 Å². The number of carbonyl (C=O) groups is 2. The molecular formula is C10H18NO4. The van der Waals surface area contributed by atoms with Crippen LogP contribution in [-0.4, -0.2) is 49.2 Å². The Morgan fingerprint density at radius 3 is 2.07 bits per heavy atom. The molecule has 5 heteroatoms. The third-order valence-corrected chi connectivity index (χ3v) is 1.12. The first kappa shape index (κ1) is 16.1. The first-order valence-electron chi connectivity index (χ1n) is 4.29. The molecule has 0 saturated carbocycles. The topological polar surface area (TPSA) is 66.8 Å². The van der Waals surface area contributed by atoms with Crippen LogP contribution in [0.3, 0.4) is 0 Å². The summed E-state index contributed by atoms with van der Waals surface area (Å²) >= 11 is 0. The Bertz CT molecular complexity index is 219. The van der Waals surface area contributed by atoms with Gasteiger partial charge in [0.05, 0.1) is 6.92 Å². The van der Waals surface area contributed by atoms with Crippen LogP contribution in [0.15, 0.2) is 12.2 Å². The number of carbonyl (C=O) groups excluding carboxylic acids is 1. The van der Waals surface area contributed by atoms with E-state index in [1.165, 1.54) is 0 Å². The molecule has 0 spiro atoms. The normalized spacial score (nSPS) is 8.87. The molecule has 87 valence electrons. The van der Waals surface area contributed by atoms with Crippen LogP contribution < -0.4 is 0 Å². The summed E-state index contributed by atoms with van der Waals surface area (Å²) < 4.78 is 4.83. The highest BCUT2D eigenvalue weighted by atomic mass is 16.5. The number of hydrogen-bond donors (Lipinski definition) is 1. The van der Waals surface area contributed by atoms with E-state index < -0.39 is 5.97 Å². The molecular weight excluding hydrogens is 198 g/mol. The lowest BCUT2D eigenvalue weighted by molar-refractivity contribution is -0.139. The zero-order valence-electron chi connectivity index (χ0n) is 9.45. The molecule has 0 aromatic rings. The lowest BCUT2D eigenvalue weighted by Gasteiger charge is -2.09. The minimum atomic E-state index is -1.08. The van der Waals surface area contributed by atoms with E-state index in [0.29, 0.717) is 12.2 Å². The molecule has 1 radical (unpaired) electrons. The number of esters is 1. The average molecular weight is 216 g/mol. The summed E-state index contributed by atoms with van der Waals surface area (Å²) in [6, 6.07) is 0. The van der Waals surface area contributed by atoms with E-state index in [0.717, 1.165) is 6.54 Å². The molecule has 1 N–H and O–H groups in total. The van der Waals surface area contributed by atoms with Gasteiger partial charge < -0.3 is 14.7 Å². The Kier molecular flexibility index (Phi) is 9.87. The van der Waals surface area contributed by atoms with Crippen molar-refractivity contribution in [1.29, 1.82) is 0 Å². The maximum atomic E-state index is 10.8. The summed E-state index contributed by atoms with van der Waals surface area (Å²) in [5, 5.41) is 7.31. The Morgan fingerprint density at radius 1 is 1.40 bits per heavy atom. The summed E-state index contributed by atoms with van der Waals surface area (Å²) in [4.78, 5) is 21.6. The smallest absolute Gasteiger partial charge is 0.333 e. The highest BCUT2D eigenvalue weighted by molar-refractivity contribution is 5.86. The van der Waals surface area contributed by atoms with Crippen LogP contribution in [0.1, 0.15) is 6.92 Å². The fourth-order valence-electron chi connectivity index (χ4n) is 0.444. The van der Waals surface area contributed by atoms with Gasteiger partial charge in [0, 0.05) is 12.1 Å². The average Bonchev–Trinajstić information content (AvgIpc) is 2.01. The van der Waals surface area contributed by atoms with Gasteiger partial charge in [-0.3, -0.25) is 4.79 Å². The number of hydrogen-bond acceptors (Lipinski definition) is 4. The fraction of sp³-hybridized carbons (Fsp3) is 0.500. The number of carboxylic acids is 1. The minimum Gasteiger partial charge on any atom is -0.481 e. The highest BCUT2D eigenvalue weighted by Crippen LogP contribution is 1.91. The summed E-state index contributed by atoms with van der Waals surface area (Å²) in [6.07, 6.45) is 0. The van der Waals surface area contributed by atoms with E-state index in [4.69, 9.17) is 14.6 Å². The molecule has 0 aliphatic heterocycles. The third-order valence-electron chi connectivity index (χ3n) is 1.12. The van der Waals surface area contributed by atoms with Crippen LogP contribution in [-0.2, 0) is 14.3 Å². The second kappa shape index (κ2) is 9.21. The van der Waals surface area contributed by atoms with Crippen LogP contribution in [0.25, 0.3) is 0 Å². The molecule has 0 amide bonds. The van der Waals surface area contributed by atoms with Crippen molar-refractivity contribution in [3.8, 4) is 0 Å². The van der Waals surface area contributed by atoms with Gasteiger partial charge in [-0.15, -0.1) is 0 Å². The number of carboxylic acid groups (broad SMARTS) is 1. The maximum Gasteiger partial charge on any atom is 0.333 e. The molecule has 0 aliphatic carbocycles. The van der Waals surface area contributed by atoms with E-state index in [-0.39, 0.29) is 5.97 Å². The lowest BCUT2D eigenvalue weighted by Crippen LogP contribution is -2.20. The number of aliphatic carboxylic acids is 1. The maximum absolute atomic E-state index is 10.8. The van der Waals surface area contributed by atoms with Gasteiger partial charge in [-0.05, 0) is 21.0 Å².